The van der Waals surface area contributed by atoms with Crippen molar-refractivity contribution >= 4 is 17.7 Å². The average molecular weight is 330 g/mol. The summed E-state index contributed by atoms with van der Waals surface area (Å²) >= 11 is 1.82. The Hall–Kier alpha value is -2.21. The minimum absolute atomic E-state index is 0.614. The zero-order valence-electron chi connectivity index (χ0n) is 13.5. The molecule has 2 N–H and O–H groups in total. The van der Waals surface area contributed by atoms with Gasteiger partial charge in [0.2, 0.25) is 5.88 Å². The molecule has 6 heteroatoms. The van der Waals surface area contributed by atoms with Crippen LogP contribution >= 0.6 is 11.8 Å². The quantitative estimate of drug-likeness (QED) is 0.354. The van der Waals surface area contributed by atoms with Gasteiger partial charge in [-0.3, -0.25) is 4.99 Å². The Bertz CT molecular complexity index is 619. The SMILES string of the molecule is CN=C(NCCSc1ccccc1)NCc1cccnc1OC. The molecule has 1 heterocycles. The molecule has 0 amide bonds. The smallest absolute Gasteiger partial charge is 0.218 e. The van der Waals surface area contributed by atoms with Crippen molar-refractivity contribution < 1.29 is 4.74 Å². The van der Waals surface area contributed by atoms with Crippen molar-refractivity contribution in [1.29, 1.82) is 0 Å². The van der Waals surface area contributed by atoms with Gasteiger partial charge in [0.05, 0.1) is 7.11 Å². The standard InChI is InChI=1S/C17H22N4OS/c1-18-17(20-11-12-23-15-8-4-3-5-9-15)21-13-14-7-6-10-19-16(14)22-2/h3-10H,11-13H2,1-2H3,(H2,18,20,21). The molecule has 0 saturated carbocycles. The molecule has 0 aliphatic rings. The van der Waals surface area contributed by atoms with Gasteiger partial charge < -0.3 is 15.4 Å². The second-order valence-electron chi connectivity index (χ2n) is 4.69. The number of thioether (sulfide) groups is 1. The fourth-order valence-electron chi connectivity index (χ4n) is 2.00. The van der Waals surface area contributed by atoms with Gasteiger partial charge in [-0.05, 0) is 18.2 Å². The lowest BCUT2D eigenvalue weighted by atomic mass is 10.3. The van der Waals surface area contributed by atoms with Crippen LogP contribution in [0.1, 0.15) is 5.56 Å². The molecule has 1 aromatic carbocycles. The molecular formula is C17H22N4OS. The minimum atomic E-state index is 0.614. The normalized spacial score (nSPS) is 11.1. The fourth-order valence-corrected chi connectivity index (χ4v) is 2.79. The summed E-state index contributed by atoms with van der Waals surface area (Å²) in [6.07, 6.45) is 1.72. The Labute approximate surface area is 141 Å². The van der Waals surface area contributed by atoms with Crippen molar-refractivity contribution in [2.75, 3.05) is 26.5 Å². The third kappa shape index (κ3) is 5.83. The van der Waals surface area contributed by atoms with Gasteiger partial charge in [-0.2, -0.15) is 0 Å². The first-order valence-electron chi connectivity index (χ1n) is 7.43. The molecule has 0 aliphatic heterocycles. The largest absolute Gasteiger partial charge is 0.481 e. The minimum Gasteiger partial charge on any atom is -0.481 e. The maximum absolute atomic E-state index is 5.24. The van der Waals surface area contributed by atoms with E-state index in [4.69, 9.17) is 4.74 Å². The molecule has 0 bridgehead atoms. The molecule has 0 spiro atoms. The van der Waals surface area contributed by atoms with E-state index < -0.39 is 0 Å². The summed E-state index contributed by atoms with van der Waals surface area (Å²) in [6.45, 7) is 1.45. The first-order chi connectivity index (χ1) is 11.3. The molecule has 2 rings (SSSR count). The Morgan fingerprint density at radius 3 is 2.74 bits per heavy atom. The van der Waals surface area contributed by atoms with Crippen LogP contribution < -0.4 is 15.4 Å². The maximum Gasteiger partial charge on any atom is 0.218 e. The zero-order valence-corrected chi connectivity index (χ0v) is 14.3. The summed E-state index contributed by atoms with van der Waals surface area (Å²) in [5, 5.41) is 6.57. The third-order valence-electron chi connectivity index (χ3n) is 3.12. The summed E-state index contributed by atoms with van der Waals surface area (Å²) in [7, 11) is 3.39. The molecule has 0 unspecified atom stereocenters. The summed E-state index contributed by atoms with van der Waals surface area (Å²) in [5.74, 6) is 2.38. The maximum atomic E-state index is 5.24. The molecule has 122 valence electrons. The van der Waals surface area contributed by atoms with Crippen molar-refractivity contribution in [1.82, 2.24) is 15.6 Å². The Morgan fingerprint density at radius 2 is 2.00 bits per heavy atom. The number of nitrogens with zero attached hydrogens (tertiary/aromatic N) is 2. The Morgan fingerprint density at radius 1 is 1.17 bits per heavy atom. The summed E-state index contributed by atoms with van der Waals surface area (Å²) in [6, 6.07) is 14.2. The molecule has 1 aromatic heterocycles. The molecule has 0 atom stereocenters. The predicted octanol–water partition coefficient (Wildman–Crippen LogP) is 2.55. The lowest BCUT2D eigenvalue weighted by Crippen LogP contribution is -2.38. The molecule has 23 heavy (non-hydrogen) atoms. The number of methoxy groups -OCH3 is 1. The summed E-state index contributed by atoms with van der Waals surface area (Å²) < 4.78 is 5.24. The highest BCUT2D eigenvalue weighted by molar-refractivity contribution is 7.99. The van der Waals surface area contributed by atoms with Crippen LogP contribution in [-0.2, 0) is 6.54 Å². The number of hydrogen-bond acceptors (Lipinski definition) is 4. The van der Waals surface area contributed by atoms with Crippen molar-refractivity contribution in [3.8, 4) is 5.88 Å². The molecular weight excluding hydrogens is 308 g/mol. The van der Waals surface area contributed by atoms with Gasteiger partial charge >= 0.3 is 0 Å². The second kappa shape index (κ2) is 9.74. The van der Waals surface area contributed by atoms with E-state index in [1.807, 2.05) is 30.0 Å². The second-order valence-corrected chi connectivity index (χ2v) is 5.85. The van der Waals surface area contributed by atoms with Crippen molar-refractivity contribution in [2.45, 2.75) is 11.4 Å². The number of aromatic nitrogens is 1. The first kappa shape index (κ1) is 17.1. The van der Waals surface area contributed by atoms with Gasteiger partial charge in [-0.1, -0.05) is 24.3 Å². The van der Waals surface area contributed by atoms with Crippen molar-refractivity contribution in [3.63, 3.8) is 0 Å². The van der Waals surface area contributed by atoms with Crippen LogP contribution in [0.5, 0.6) is 5.88 Å². The van der Waals surface area contributed by atoms with E-state index in [-0.39, 0.29) is 0 Å². The van der Waals surface area contributed by atoms with Crippen LogP contribution in [0, 0.1) is 0 Å². The topological polar surface area (TPSA) is 58.5 Å². The van der Waals surface area contributed by atoms with Gasteiger partial charge in [-0.25, -0.2) is 4.98 Å². The first-order valence-corrected chi connectivity index (χ1v) is 8.42. The van der Waals surface area contributed by atoms with Crippen LogP contribution in [0.15, 0.2) is 58.5 Å². The molecule has 0 radical (unpaired) electrons. The van der Waals surface area contributed by atoms with Gasteiger partial charge in [0.1, 0.15) is 0 Å². The summed E-state index contributed by atoms with van der Waals surface area (Å²) in [5.41, 5.74) is 0.997. The van der Waals surface area contributed by atoms with E-state index >= 15 is 0 Å². The predicted molar refractivity (Wildman–Crippen MR) is 96.2 cm³/mol. The highest BCUT2D eigenvalue weighted by atomic mass is 32.2. The van der Waals surface area contributed by atoms with E-state index in [2.05, 4.69) is 44.9 Å². The Kier molecular flexibility index (Phi) is 7.26. The van der Waals surface area contributed by atoms with Gasteiger partial charge in [-0.15, -0.1) is 11.8 Å². The van der Waals surface area contributed by atoms with Crippen LogP contribution in [-0.4, -0.2) is 37.4 Å². The highest BCUT2D eigenvalue weighted by Gasteiger charge is 2.04. The Balaban J connectivity index is 1.73. The number of benzene rings is 1. The van der Waals surface area contributed by atoms with E-state index in [9.17, 15) is 0 Å². The average Bonchev–Trinajstić information content (AvgIpc) is 2.62. The molecule has 5 nitrogen and oxygen atoms in total. The van der Waals surface area contributed by atoms with E-state index in [0.717, 1.165) is 23.8 Å². The number of rotatable bonds is 7. The molecule has 0 aliphatic carbocycles. The highest BCUT2D eigenvalue weighted by Crippen LogP contribution is 2.15. The monoisotopic (exact) mass is 330 g/mol. The van der Waals surface area contributed by atoms with Crippen molar-refractivity contribution in [2.24, 2.45) is 4.99 Å². The zero-order chi connectivity index (χ0) is 16.3. The molecule has 0 fully saturated rings. The number of ether oxygens (including phenoxy) is 1. The number of aliphatic imine (C=N–C) groups is 1. The fraction of sp³-hybridized carbons (Fsp3) is 0.294. The van der Waals surface area contributed by atoms with E-state index in [1.54, 1.807) is 20.4 Å². The van der Waals surface area contributed by atoms with Crippen LogP contribution in [0.25, 0.3) is 0 Å². The lowest BCUT2D eigenvalue weighted by molar-refractivity contribution is 0.392. The van der Waals surface area contributed by atoms with Gasteiger partial charge in [0.25, 0.3) is 0 Å². The third-order valence-corrected chi connectivity index (χ3v) is 4.13. The molecule has 0 saturated heterocycles. The summed E-state index contributed by atoms with van der Waals surface area (Å²) in [4.78, 5) is 9.69. The number of pyridine rings is 1. The van der Waals surface area contributed by atoms with Gasteiger partial charge in [0, 0.05) is 42.5 Å². The number of guanidine groups is 1. The molecule has 2 aromatic rings. The lowest BCUT2D eigenvalue weighted by Gasteiger charge is -2.13. The van der Waals surface area contributed by atoms with E-state index in [0.29, 0.717) is 12.4 Å². The van der Waals surface area contributed by atoms with Crippen LogP contribution in [0.3, 0.4) is 0 Å². The van der Waals surface area contributed by atoms with Crippen LogP contribution in [0.2, 0.25) is 0 Å². The van der Waals surface area contributed by atoms with Gasteiger partial charge in [0.15, 0.2) is 5.96 Å². The van der Waals surface area contributed by atoms with E-state index in [1.165, 1.54) is 4.90 Å². The van der Waals surface area contributed by atoms with Crippen LogP contribution in [0.4, 0.5) is 0 Å². The number of nitrogens with one attached hydrogen (secondary N) is 2. The van der Waals surface area contributed by atoms with Crippen molar-refractivity contribution in [3.05, 3.63) is 54.2 Å². The number of hydrogen-bond donors (Lipinski definition) is 2.